The second-order valence-corrected chi connectivity index (χ2v) is 6.55. The SMILES string of the molecule is CN=C(NCCCOCc1ccc(OC)cc1)NCCCOCC1CC1. The summed E-state index contributed by atoms with van der Waals surface area (Å²) in [6.45, 7) is 4.80. The summed E-state index contributed by atoms with van der Waals surface area (Å²) in [5.41, 5.74) is 1.15. The molecule has 0 amide bonds. The van der Waals surface area contributed by atoms with Gasteiger partial charge in [0.2, 0.25) is 0 Å². The molecular weight excluding hydrogens is 330 g/mol. The molecule has 0 bridgehead atoms. The molecule has 6 nitrogen and oxygen atoms in total. The Morgan fingerprint density at radius 2 is 1.69 bits per heavy atom. The van der Waals surface area contributed by atoms with E-state index < -0.39 is 0 Å². The van der Waals surface area contributed by atoms with Crippen molar-refractivity contribution in [2.24, 2.45) is 10.9 Å². The molecule has 1 fully saturated rings. The molecule has 1 aromatic rings. The molecule has 146 valence electrons. The van der Waals surface area contributed by atoms with Gasteiger partial charge in [0.15, 0.2) is 5.96 Å². The van der Waals surface area contributed by atoms with E-state index in [1.807, 2.05) is 24.3 Å². The van der Waals surface area contributed by atoms with Crippen molar-refractivity contribution >= 4 is 5.96 Å². The molecule has 0 saturated heterocycles. The van der Waals surface area contributed by atoms with Crippen LogP contribution < -0.4 is 15.4 Å². The molecule has 1 aliphatic carbocycles. The van der Waals surface area contributed by atoms with Crippen LogP contribution in [0.2, 0.25) is 0 Å². The Hall–Kier alpha value is -1.79. The van der Waals surface area contributed by atoms with Gasteiger partial charge in [-0.1, -0.05) is 12.1 Å². The van der Waals surface area contributed by atoms with Gasteiger partial charge < -0.3 is 24.8 Å². The lowest BCUT2D eigenvalue weighted by molar-refractivity contribution is 0.119. The quantitative estimate of drug-likeness (QED) is 0.320. The average molecular weight is 364 g/mol. The van der Waals surface area contributed by atoms with Crippen molar-refractivity contribution in [3.8, 4) is 5.75 Å². The van der Waals surface area contributed by atoms with Crippen LogP contribution in [0.15, 0.2) is 29.3 Å². The van der Waals surface area contributed by atoms with Crippen LogP contribution >= 0.6 is 0 Å². The predicted molar refractivity (Wildman–Crippen MR) is 105 cm³/mol. The number of hydrogen-bond acceptors (Lipinski definition) is 4. The highest BCUT2D eigenvalue weighted by atomic mass is 16.5. The molecule has 0 spiro atoms. The molecule has 6 heteroatoms. The number of guanidine groups is 1. The molecule has 2 N–H and O–H groups in total. The Kier molecular flexibility index (Phi) is 9.90. The number of rotatable bonds is 13. The van der Waals surface area contributed by atoms with E-state index in [1.54, 1.807) is 14.2 Å². The third-order valence-corrected chi connectivity index (χ3v) is 4.22. The number of ether oxygens (including phenoxy) is 3. The third-order valence-electron chi connectivity index (χ3n) is 4.22. The van der Waals surface area contributed by atoms with Crippen LogP contribution in [0.25, 0.3) is 0 Å². The minimum absolute atomic E-state index is 0.623. The minimum Gasteiger partial charge on any atom is -0.497 e. The summed E-state index contributed by atoms with van der Waals surface area (Å²) in [7, 11) is 3.46. The maximum atomic E-state index is 5.70. The van der Waals surface area contributed by atoms with Gasteiger partial charge in [0.25, 0.3) is 0 Å². The Balaban J connectivity index is 1.42. The summed E-state index contributed by atoms with van der Waals surface area (Å²) in [5.74, 6) is 2.54. The van der Waals surface area contributed by atoms with Gasteiger partial charge in [-0.05, 0) is 49.3 Å². The largest absolute Gasteiger partial charge is 0.497 e. The number of hydrogen-bond donors (Lipinski definition) is 2. The smallest absolute Gasteiger partial charge is 0.190 e. The number of methoxy groups -OCH3 is 1. The molecular formula is C20H33N3O3. The van der Waals surface area contributed by atoms with Gasteiger partial charge in [-0.25, -0.2) is 0 Å². The lowest BCUT2D eigenvalue weighted by Gasteiger charge is -2.12. The zero-order valence-electron chi connectivity index (χ0n) is 16.1. The highest BCUT2D eigenvalue weighted by Gasteiger charge is 2.20. The maximum Gasteiger partial charge on any atom is 0.190 e. The Morgan fingerprint density at radius 3 is 2.27 bits per heavy atom. The summed E-state index contributed by atoms with van der Waals surface area (Å²) in [5, 5.41) is 6.61. The fraction of sp³-hybridized carbons (Fsp3) is 0.650. The molecule has 1 saturated carbocycles. The van der Waals surface area contributed by atoms with E-state index in [9.17, 15) is 0 Å². The average Bonchev–Trinajstić information content (AvgIpc) is 3.50. The van der Waals surface area contributed by atoms with Crippen molar-refractivity contribution in [1.82, 2.24) is 10.6 Å². The van der Waals surface area contributed by atoms with Gasteiger partial charge >= 0.3 is 0 Å². The van der Waals surface area contributed by atoms with E-state index in [0.29, 0.717) is 13.2 Å². The first-order chi connectivity index (χ1) is 12.8. The van der Waals surface area contributed by atoms with Crippen LogP contribution in [0.5, 0.6) is 5.75 Å². The Labute approximate surface area is 157 Å². The molecule has 0 atom stereocenters. The molecule has 2 rings (SSSR count). The minimum atomic E-state index is 0.623. The highest BCUT2D eigenvalue weighted by Crippen LogP contribution is 2.28. The molecule has 26 heavy (non-hydrogen) atoms. The van der Waals surface area contributed by atoms with Gasteiger partial charge in [-0.3, -0.25) is 4.99 Å². The monoisotopic (exact) mass is 363 g/mol. The first kappa shape index (κ1) is 20.5. The van der Waals surface area contributed by atoms with E-state index in [4.69, 9.17) is 14.2 Å². The zero-order chi connectivity index (χ0) is 18.5. The van der Waals surface area contributed by atoms with Crippen LogP contribution in [-0.2, 0) is 16.1 Å². The van der Waals surface area contributed by atoms with Gasteiger partial charge in [-0.2, -0.15) is 0 Å². The van der Waals surface area contributed by atoms with Gasteiger partial charge in [0.05, 0.1) is 13.7 Å². The van der Waals surface area contributed by atoms with Gasteiger partial charge in [-0.15, -0.1) is 0 Å². The van der Waals surface area contributed by atoms with Crippen molar-refractivity contribution in [2.75, 3.05) is 47.1 Å². The summed E-state index contributed by atoms with van der Waals surface area (Å²) in [6, 6.07) is 7.95. The number of nitrogens with zero attached hydrogens (tertiary/aromatic N) is 1. The van der Waals surface area contributed by atoms with Crippen molar-refractivity contribution in [3.63, 3.8) is 0 Å². The van der Waals surface area contributed by atoms with E-state index in [1.165, 1.54) is 12.8 Å². The predicted octanol–water partition coefficient (Wildman–Crippen LogP) is 2.58. The lowest BCUT2D eigenvalue weighted by atomic mass is 10.2. The first-order valence-electron chi connectivity index (χ1n) is 9.54. The van der Waals surface area contributed by atoms with Crippen molar-refractivity contribution in [1.29, 1.82) is 0 Å². The molecule has 0 unspecified atom stereocenters. The summed E-state index contributed by atoms with van der Waals surface area (Å²) in [4.78, 5) is 4.23. The number of nitrogens with one attached hydrogen (secondary N) is 2. The molecule has 0 aromatic heterocycles. The molecule has 0 heterocycles. The molecule has 1 aliphatic rings. The van der Waals surface area contributed by atoms with E-state index in [0.717, 1.165) is 62.3 Å². The summed E-state index contributed by atoms with van der Waals surface area (Å²) in [6.07, 6.45) is 4.62. The van der Waals surface area contributed by atoms with Crippen LogP contribution in [0.4, 0.5) is 0 Å². The standard InChI is InChI=1S/C20H33N3O3/c1-21-20(22-11-3-13-25-15-17-5-6-17)23-12-4-14-26-16-18-7-9-19(24-2)10-8-18/h7-10,17H,3-6,11-16H2,1-2H3,(H2,21,22,23). The van der Waals surface area contributed by atoms with E-state index >= 15 is 0 Å². The molecule has 0 aliphatic heterocycles. The fourth-order valence-corrected chi connectivity index (χ4v) is 2.43. The second kappa shape index (κ2) is 12.5. The normalized spacial score (nSPS) is 14.3. The van der Waals surface area contributed by atoms with E-state index in [-0.39, 0.29) is 0 Å². The highest BCUT2D eigenvalue weighted by molar-refractivity contribution is 5.79. The summed E-state index contributed by atoms with van der Waals surface area (Å²) >= 11 is 0. The number of aliphatic imine (C=N–C) groups is 1. The maximum absolute atomic E-state index is 5.70. The lowest BCUT2D eigenvalue weighted by Crippen LogP contribution is -2.38. The summed E-state index contributed by atoms with van der Waals surface area (Å²) < 4.78 is 16.5. The van der Waals surface area contributed by atoms with Crippen molar-refractivity contribution < 1.29 is 14.2 Å². The van der Waals surface area contributed by atoms with Crippen LogP contribution in [0.3, 0.4) is 0 Å². The third kappa shape index (κ3) is 9.06. The van der Waals surface area contributed by atoms with Crippen LogP contribution in [0.1, 0.15) is 31.2 Å². The molecule has 1 aromatic carbocycles. The fourth-order valence-electron chi connectivity index (χ4n) is 2.43. The topological polar surface area (TPSA) is 64.1 Å². The van der Waals surface area contributed by atoms with Gasteiger partial charge in [0, 0.05) is 40.0 Å². The van der Waals surface area contributed by atoms with Crippen molar-refractivity contribution in [2.45, 2.75) is 32.3 Å². The van der Waals surface area contributed by atoms with Gasteiger partial charge in [0.1, 0.15) is 5.75 Å². The first-order valence-corrected chi connectivity index (χ1v) is 9.54. The van der Waals surface area contributed by atoms with Crippen LogP contribution in [-0.4, -0.2) is 53.0 Å². The Morgan fingerprint density at radius 1 is 1.04 bits per heavy atom. The zero-order valence-corrected chi connectivity index (χ0v) is 16.1. The second-order valence-electron chi connectivity index (χ2n) is 6.55. The molecule has 0 radical (unpaired) electrons. The van der Waals surface area contributed by atoms with Crippen LogP contribution in [0, 0.1) is 5.92 Å². The van der Waals surface area contributed by atoms with Crippen molar-refractivity contribution in [3.05, 3.63) is 29.8 Å². The Bertz CT molecular complexity index is 516. The van der Waals surface area contributed by atoms with E-state index in [2.05, 4.69) is 15.6 Å². The number of benzene rings is 1.